The second kappa shape index (κ2) is 8.65. The fraction of sp³-hybridized carbons (Fsp3) is 0.429. The van der Waals surface area contributed by atoms with Crippen LogP contribution in [0.25, 0.3) is 0 Å². The first-order valence-corrected chi connectivity index (χ1v) is 8.94. The SMILES string of the molecule is CC(C)c1cccc(C(C)C)c1NC(=O)N(C)CCc1ccncc1. The summed E-state index contributed by atoms with van der Waals surface area (Å²) < 4.78 is 0. The highest BCUT2D eigenvalue weighted by Crippen LogP contribution is 2.32. The molecule has 0 fully saturated rings. The van der Waals surface area contributed by atoms with Gasteiger partial charge in [-0.25, -0.2) is 4.79 Å². The molecule has 1 aromatic carbocycles. The Morgan fingerprint density at radius 2 is 1.60 bits per heavy atom. The predicted molar refractivity (Wildman–Crippen MR) is 104 cm³/mol. The van der Waals surface area contributed by atoms with Crippen LogP contribution in [0.3, 0.4) is 0 Å². The van der Waals surface area contributed by atoms with Gasteiger partial charge in [0.25, 0.3) is 0 Å². The summed E-state index contributed by atoms with van der Waals surface area (Å²) in [7, 11) is 1.84. The molecule has 2 amide bonds. The van der Waals surface area contributed by atoms with Gasteiger partial charge in [0, 0.05) is 31.7 Å². The monoisotopic (exact) mass is 339 g/mol. The summed E-state index contributed by atoms with van der Waals surface area (Å²) >= 11 is 0. The molecule has 0 aliphatic heterocycles. The van der Waals surface area contributed by atoms with Crippen LogP contribution in [0.15, 0.2) is 42.7 Å². The van der Waals surface area contributed by atoms with Crippen molar-refractivity contribution in [3.8, 4) is 0 Å². The Morgan fingerprint density at radius 1 is 1.04 bits per heavy atom. The molecule has 134 valence electrons. The molecular weight excluding hydrogens is 310 g/mol. The topological polar surface area (TPSA) is 45.2 Å². The Morgan fingerprint density at radius 3 is 2.12 bits per heavy atom. The lowest BCUT2D eigenvalue weighted by atomic mass is 9.93. The zero-order chi connectivity index (χ0) is 18.4. The van der Waals surface area contributed by atoms with Gasteiger partial charge in [0.2, 0.25) is 0 Å². The molecule has 25 heavy (non-hydrogen) atoms. The molecule has 0 spiro atoms. The number of aromatic nitrogens is 1. The lowest BCUT2D eigenvalue weighted by Gasteiger charge is -2.23. The van der Waals surface area contributed by atoms with Gasteiger partial charge in [-0.1, -0.05) is 45.9 Å². The predicted octanol–water partition coefficient (Wildman–Crippen LogP) is 5.03. The molecule has 0 saturated carbocycles. The maximum atomic E-state index is 12.7. The summed E-state index contributed by atoms with van der Waals surface area (Å²) in [4.78, 5) is 18.4. The molecule has 2 aromatic rings. The fourth-order valence-corrected chi connectivity index (χ4v) is 2.85. The first-order valence-electron chi connectivity index (χ1n) is 8.94. The third-order valence-electron chi connectivity index (χ3n) is 4.44. The van der Waals surface area contributed by atoms with Crippen molar-refractivity contribution in [3.05, 3.63) is 59.4 Å². The number of hydrogen-bond donors (Lipinski definition) is 1. The molecule has 0 bridgehead atoms. The van der Waals surface area contributed by atoms with E-state index in [0.29, 0.717) is 18.4 Å². The molecule has 0 aliphatic carbocycles. The largest absolute Gasteiger partial charge is 0.327 e. The van der Waals surface area contributed by atoms with Gasteiger partial charge < -0.3 is 10.2 Å². The number of amides is 2. The van der Waals surface area contributed by atoms with Gasteiger partial charge in [0.05, 0.1) is 0 Å². The molecule has 1 aromatic heterocycles. The molecule has 0 unspecified atom stereocenters. The van der Waals surface area contributed by atoms with Gasteiger partial charge in [-0.15, -0.1) is 0 Å². The van der Waals surface area contributed by atoms with E-state index in [1.807, 2.05) is 19.2 Å². The Balaban J connectivity index is 2.11. The molecule has 0 radical (unpaired) electrons. The normalized spacial score (nSPS) is 11.0. The molecular formula is C21H29N3O. The van der Waals surface area contributed by atoms with Gasteiger partial charge in [0.1, 0.15) is 0 Å². The van der Waals surface area contributed by atoms with Crippen LogP contribution < -0.4 is 5.32 Å². The number of para-hydroxylation sites is 1. The molecule has 0 aliphatic rings. The number of anilines is 1. The van der Waals surface area contributed by atoms with Crippen LogP contribution in [-0.4, -0.2) is 29.5 Å². The average molecular weight is 339 g/mol. The van der Waals surface area contributed by atoms with E-state index in [-0.39, 0.29) is 6.03 Å². The van der Waals surface area contributed by atoms with E-state index in [2.05, 4.69) is 56.2 Å². The quantitative estimate of drug-likeness (QED) is 0.802. The smallest absolute Gasteiger partial charge is 0.321 e. The van der Waals surface area contributed by atoms with Crippen molar-refractivity contribution in [2.24, 2.45) is 0 Å². The van der Waals surface area contributed by atoms with Gasteiger partial charge >= 0.3 is 6.03 Å². The summed E-state index contributed by atoms with van der Waals surface area (Å²) in [5.74, 6) is 0.715. The van der Waals surface area contributed by atoms with Crippen molar-refractivity contribution in [2.75, 3.05) is 18.9 Å². The lowest BCUT2D eigenvalue weighted by molar-refractivity contribution is 0.223. The first kappa shape index (κ1) is 19.0. The van der Waals surface area contributed by atoms with Crippen molar-refractivity contribution in [3.63, 3.8) is 0 Å². The van der Waals surface area contributed by atoms with Crippen molar-refractivity contribution in [1.29, 1.82) is 0 Å². The Hall–Kier alpha value is -2.36. The molecule has 4 heteroatoms. The molecule has 4 nitrogen and oxygen atoms in total. The average Bonchev–Trinajstić information content (AvgIpc) is 2.60. The number of nitrogens with zero attached hydrogens (tertiary/aromatic N) is 2. The van der Waals surface area contributed by atoms with E-state index in [1.165, 1.54) is 16.7 Å². The zero-order valence-corrected chi connectivity index (χ0v) is 15.9. The van der Waals surface area contributed by atoms with Gasteiger partial charge in [-0.05, 0) is 47.1 Å². The van der Waals surface area contributed by atoms with Crippen LogP contribution in [0.5, 0.6) is 0 Å². The number of benzene rings is 1. The number of likely N-dealkylation sites (N-methyl/N-ethyl adjacent to an activating group) is 1. The van der Waals surface area contributed by atoms with Crippen molar-refractivity contribution in [2.45, 2.75) is 46.0 Å². The minimum atomic E-state index is -0.0657. The van der Waals surface area contributed by atoms with Crippen LogP contribution in [0, 0.1) is 0 Å². The molecule has 2 rings (SSSR count). The highest BCUT2D eigenvalue weighted by Gasteiger charge is 2.17. The number of carbonyl (C=O) groups is 1. The maximum Gasteiger partial charge on any atom is 0.321 e. The minimum Gasteiger partial charge on any atom is -0.327 e. The number of carbonyl (C=O) groups excluding carboxylic acids is 1. The van der Waals surface area contributed by atoms with Gasteiger partial charge in [0.15, 0.2) is 0 Å². The summed E-state index contributed by atoms with van der Waals surface area (Å²) in [6.45, 7) is 9.28. The van der Waals surface area contributed by atoms with Gasteiger partial charge in [-0.3, -0.25) is 4.98 Å². The first-order chi connectivity index (χ1) is 11.9. The van der Waals surface area contributed by atoms with Crippen LogP contribution in [0.4, 0.5) is 10.5 Å². The number of rotatable bonds is 6. The second-order valence-corrected chi connectivity index (χ2v) is 7.08. The van der Waals surface area contributed by atoms with E-state index in [0.717, 1.165) is 12.1 Å². The molecule has 0 atom stereocenters. The highest BCUT2D eigenvalue weighted by molar-refractivity contribution is 5.91. The summed E-state index contributed by atoms with van der Waals surface area (Å²) in [6, 6.07) is 10.2. The third kappa shape index (κ3) is 5.05. The van der Waals surface area contributed by atoms with E-state index in [4.69, 9.17) is 0 Å². The van der Waals surface area contributed by atoms with E-state index < -0.39 is 0 Å². The maximum absolute atomic E-state index is 12.7. The minimum absolute atomic E-state index is 0.0657. The third-order valence-corrected chi connectivity index (χ3v) is 4.44. The number of hydrogen-bond acceptors (Lipinski definition) is 2. The van der Waals surface area contributed by atoms with E-state index in [1.54, 1.807) is 17.3 Å². The highest BCUT2D eigenvalue weighted by atomic mass is 16.2. The zero-order valence-electron chi connectivity index (χ0n) is 15.9. The Kier molecular flexibility index (Phi) is 6.57. The van der Waals surface area contributed by atoms with Crippen LogP contribution in [0.2, 0.25) is 0 Å². The Bertz CT molecular complexity index is 669. The summed E-state index contributed by atoms with van der Waals surface area (Å²) in [5, 5.41) is 3.15. The fourth-order valence-electron chi connectivity index (χ4n) is 2.85. The van der Waals surface area contributed by atoms with Crippen LogP contribution in [0.1, 0.15) is 56.2 Å². The van der Waals surface area contributed by atoms with E-state index in [9.17, 15) is 4.79 Å². The summed E-state index contributed by atoms with van der Waals surface area (Å²) in [5.41, 5.74) is 4.51. The standard InChI is InChI=1S/C21H29N3O/c1-15(2)18-7-6-8-19(16(3)4)20(18)23-21(25)24(5)14-11-17-9-12-22-13-10-17/h6-10,12-13,15-16H,11,14H2,1-5H3,(H,23,25). The number of pyridine rings is 1. The van der Waals surface area contributed by atoms with Crippen LogP contribution >= 0.6 is 0 Å². The van der Waals surface area contributed by atoms with Crippen molar-refractivity contribution >= 4 is 11.7 Å². The van der Waals surface area contributed by atoms with Crippen molar-refractivity contribution < 1.29 is 4.79 Å². The van der Waals surface area contributed by atoms with E-state index >= 15 is 0 Å². The molecule has 1 heterocycles. The Labute approximate surface area is 151 Å². The number of urea groups is 1. The van der Waals surface area contributed by atoms with Crippen molar-refractivity contribution in [1.82, 2.24) is 9.88 Å². The summed E-state index contributed by atoms with van der Waals surface area (Å²) in [6.07, 6.45) is 4.38. The molecule has 0 saturated heterocycles. The van der Waals surface area contributed by atoms with Gasteiger partial charge in [-0.2, -0.15) is 0 Å². The molecule has 1 N–H and O–H groups in total. The lowest BCUT2D eigenvalue weighted by Crippen LogP contribution is -2.33. The number of nitrogens with one attached hydrogen (secondary N) is 1. The second-order valence-electron chi connectivity index (χ2n) is 7.08. The van der Waals surface area contributed by atoms with Crippen LogP contribution in [-0.2, 0) is 6.42 Å².